The average Bonchev–Trinajstić information content (AvgIpc) is 3.13. The molecule has 0 spiro atoms. The zero-order valence-electron chi connectivity index (χ0n) is 19.5. The summed E-state index contributed by atoms with van der Waals surface area (Å²) in [4.78, 5) is 42.0. The largest absolute Gasteiger partial charge is 0.329 e. The van der Waals surface area contributed by atoms with Crippen molar-refractivity contribution < 1.29 is 22.8 Å². The van der Waals surface area contributed by atoms with Gasteiger partial charge in [0, 0.05) is 16.6 Å². The van der Waals surface area contributed by atoms with E-state index in [4.69, 9.17) is 28.3 Å². The fourth-order valence-electron chi connectivity index (χ4n) is 4.19. The molecule has 1 heterocycles. The third-order valence-electron chi connectivity index (χ3n) is 6.04. The molecule has 1 fully saturated rings. The maximum Gasteiger partial charge on any atom is 0.257 e. The fraction of sp³-hybridized carbons (Fsp3) is 0.192. The van der Waals surface area contributed by atoms with Gasteiger partial charge in [-0.1, -0.05) is 47.5 Å². The lowest BCUT2D eigenvalue weighted by atomic mass is 10.1. The molecule has 192 valence electrons. The molecule has 2 N–H and O–H groups in total. The molecule has 0 saturated carbocycles. The Labute approximate surface area is 224 Å². The van der Waals surface area contributed by atoms with E-state index in [-0.39, 0.29) is 35.9 Å². The van der Waals surface area contributed by atoms with E-state index in [9.17, 15) is 22.8 Å². The first-order valence-electron chi connectivity index (χ1n) is 11.3. The third kappa shape index (κ3) is 6.37. The summed E-state index contributed by atoms with van der Waals surface area (Å²) >= 11 is 12.1. The summed E-state index contributed by atoms with van der Waals surface area (Å²) in [5.74, 6) is -1.38. The quantitative estimate of drug-likeness (QED) is 0.423. The van der Waals surface area contributed by atoms with Crippen molar-refractivity contribution in [3.63, 3.8) is 0 Å². The van der Waals surface area contributed by atoms with Gasteiger partial charge in [-0.05, 0) is 66.1 Å². The summed E-state index contributed by atoms with van der Waals surface area (Å²) in [7, 11) is -3.93. The van der Waals surface area contributed by atoms with Crippen molar-refractivity contribution in [2.75, 3.05) is 11.4 Å². The lowest BCUT2D eigenvalue weighted by Gasteiger charge is -2.28. The third-order valence-corrected chi connectivity index (χ3v) is 7.46. The number of halogens is 2. The van der Waals surface area contributed by atoms with Crippen LogP contribution in [-0.2, 0) is 37.2 Å². The van der Waals surface area contributed by atoms with Crippen LogP contribution in [0.1, 0.15) is 17.5 Å². The molecule has 0 radical (unpaired) electrons. The number of amides is 3. The minimum atomic E-state index is -3.93. The van der Waals surface area contributed by atoms with E-state index in [0.717, 1.165) is 16.0 Å². The predicted octanol–water partition coefficient (Wildman–Crippen LogP) is 3.59. The molecule has 1 saturated heterocycles. The monoisotopic (exact) mass is 559 g/mol. The van der Waals surface area contributed by atoms with Gasteiger partial charge in [-0.15, -0.1) is 0 Å². The number of carbonyl (C=O) groups excluding carboxylic acids is 3. The molecule has 8 nitrogen and oxygen atoms in total. The van der Waals surface area contributed by atoms with Gasteiger partial charge in [0.05, 0.1) is 23.4 Å². The predicted molar refractivity (Wildman–Crippen MR) is 141 cm³/mol. The molecular formula is C26H23Cl2N3O5S. The van der Waals surface area contributed by atoms with Gasteiger partial charge >= 0.3 is 0 Å². The van der Waals surface area contributed by atoms with Crippen LogP contribution in [-0.4, -0.2) is 43.6 Å². The molecule has 3 aromatic rings. The molecule has 0 aliphatic carbocycles. The summed E-state index contributed by atoms with van der Waals surface area (Å²) in [5.41, 5.74) is 1.79. The summed E-state index contributed by atoms with van der Waals surface area (Å²) in [5, 5.41) is 6.23. The molecule has 0 aromatic heterocycles. The van der Waals surface area contributed by atoms with Crippen LogP contribution in [0.5, 0.6) is 0 Å². The lowest BCUT2D eigenvalue weighted by molar-refractivity contribution is -0.137. The van der Waals surface area contributed by atoms with Gasteiger partial charge in [-0.25, -0.2) is 18.5 Å². The highest BCUT2D eigenvalue weighted by atomic mass is 35.5. The van der Waals surface area contributed by atoms with Gasteiger partial charge in [0.1, 0.15) is 6.04 Å². The Kier molecular flexibility index (Phi) is 7.99. The molecule has 3 amide bonds. The Bertz CT molecular complexity index is 1440. The van der Waals surface area contributed by atoms with Crippen molar-refractivity contribution in [1.29, 1.82) is 0 Å². The van der Waals surface area contributed by atoms with Crippen LogP contribution >= 0.6 is 23.2 Å². The van der Waals surface area contributed by atoms with E-state index >= 15 is 0 Å². The highest BCUT2D eigenvalue weighted by Crippen LogP contribution is 2.27. The highest BCUT2D eigenvalue weighted by molar-refractivity contribution is 7.89. The number of rotatable bonds is 8. The van der Waals surface area contributed by atoms with E-state index in [1.807, 2.05) is 6.07 Å². The van der Waals surface area contributed by atoms with Gasteiger partial charge in [0.25, 0.3) is 5.91 Å². The van der Waals surface area contributed by atoms with Crippen molar-refractivity contribution >= 4 is 56.6 Å². The maximum absolute atomic E-state index is 13.4. The topological polar surface area (TPSA) is 118 Å². The number of benzene rings is 3. The molecule has 37 heavy (non-hydrogen) atoms. The van der Waals surface area contributed by atoms with Gasteiger partial charge in [-0.3, -0.25) is 14.4 Å². The van der Waals surface area contributed by atoms with Crippen molar-refractivity contribution in [3.05, 3.63) is 94.0 Å². The Hall–Kier alpha value is -3.24. The van der Waals surface area contributed by atoms with E-state index in [1.54, 1.807) is 42.5 Å². The van der Waals surface area contributed by atoms with Gasteiger partial charge in [-0.2, -0.15) is 0 Å². The normalized spacial score (nSPS) is 15.8. The molecule has 1 aliphatic rings. The van der Waals surface area contributed by atoms with E-state index in [1.165, 1.54) is 29.2 Å². The highest BCUT2D eigenvalue weighted by Gasteiger charge is 2.44. The summed E-state index contributed by atoms with van der Waals surface area (Å²) < 4.78 is 23.1. The van der Waals surface area contributed by atoms with Crippen LogP contribution in [0.15, 0.2) is 77.7 Å². The standard InChI is InChI=1S/C26H23Cl2N3O5S/c27-19-6-4-18(5-7-19)15-24(32)30(13-12-17-2-1-3-20(28)14-17)23-16-25(33)31(26(23)34)21-8-10-22(11-9-21)37(29,35)36/h1-11,14,23H,12-13,15-16H2,(H2,29,35,36). The first-order chi connectivity index (χ1) is 17.5. The van der Waals surface area contributed by atoms with E-state index < -0.39 is 27.9 Å². The van der Waals surface area contributed by atoms with Crippen LogP contribution in [0.2, 0.25) is 10.0 Å². The minimum absolute atomic E-state index is 0.0216. The minimum Gasteiger partial charge on any atom is -0.329 e. The first-order valence-corrected chi connectivity index (χ1v) is 13.6. The molecule has 11 heteroatoms. The second-order valence-electron chi connectivity index (χ2n) is 8.60. The summed E-state index contributed by atoms with van der Waals surface area (Å²) in [6.07, 6.45) is 0.249. The van der Waals surface area contributed by atoms with Crippen molar-refractivity contribution in [3.8, 4) is 0 Å². The van der Waals surface area contributed by atoms with Crippen LogP contribution in [0.3, 0.4) is 0 Å². The van der Waals surface area contributed by atoms with E-state index in [0.29, 0.717) is 16.5 Å². The number of anilines is 1. The van der Waals surface area contributed by atoms with Gasteiger partial charge in [0.2, 0.25) is 21.8 Å². The average molecular weight is 560 g/mol. The number of primary sulfonamides is 1. The second-order valence-corrected chi connectivity index (χ2v) is 11.0. The summed E-state index contributed by atoms with van der Waals surface area (Å²) in [6.45, 7) is 0.189. The Morgan fingerprint density at radius 1 is 0.946 bits per heavy atom. The lowest BCUT2D eigenvalue weighted by Crippen LogP contribution is -2.47. The Morgan fingerprint density at radius 2 is 1.62 bits per heavy atom. The molecule has 1 unspecified atom stereocenters. The molecule has 4 rings (SSSR count). The van der Waals surface area contributed by atoms with Gasteiger partial charge < -0.3 is 4.90 Å². The molecule has 1 atom stereocenters. The number of hydrogen-bond donors (Lipinski definition) is 1. The smallest absolute Gasteiger partial charge is 0.257 e. The number of nitrogens with zero attached hydrogens (tertiary/aromatic N) is 2. The van der Waals surface area contributed by atoms with Crippen LogP contribution in [0, 0.1) is 0 Å². The van der Waals surface area contributed by atoms with Crippen LogP contribution < -0.4 is 10.0 Å². The Balaban J connectivity index is 1.59. The zero-order chi connectivity index (χ0) is 26.7. The zero-order valence-corrected chi connectivity index (χ0v) is 21.8. The van der Waals surface area contributed by atoms with Crippen LogP contribution in [0.4, 0.5) is 5.69 Å². The van der Waals surface area contributed by atoms with Crippen LogP contribution in [0.25, 0.3) is 0 Å². The molecule has 0 bridgehead atoms. The number of imide groups is 1. The SMILES string of the molecule is NS(=O)(=O)c1ccc(N2C(=O)CC(N(CCc3cccc(Cl)c3)C(=O)Cc3ccc(Cl)cc3)C2=O)cc1. The van der Waals surface area contributed by atoms with Crippen molar-refractivity contribution in [2.45, 2.75) is 30.2 Å². The second kappa shape index (κ2) is 11.0. The Morgan fingerprint density at radius 3 is 2.24 bits per heavy atom. The van der Waals surface area contributed by atoms with Crippen molar-refractivity contribution in [2.24, 2.45) is 5.14 Å². The maximum atomic E-state index is 13.4. The van der Waals surface area contributed by atoms with E-state index in [2.05, 4.69) is 0 Å². The molecular weight excluding hydrogens is 537 g/mol. The molecule has 1 aliphatic heterocycles. The van der Waals surface area contributed by atoms with Gasteiger partial charge in [0.15, 0.2) is 0 Å². The number of hydrogen-bond acceptors (Lipinski definition) is 5. The molecule has 3 aromatic carbocycles. The number of carbonyl (C=O) groups is 3. The first kappa shape index (κ1) is 26.8. The number of sulfonamides is 1. The van der Waals surface area contributed by atoms with Crippen molar-refractivity contribution in [1.82, 2.24) is 4.90 Å². The summed E-state index contributed by atoms with van der Waals surface area (Å²) in [6, 6.07) is 18.1. The fourth-order valence-corrected chi connectivity index (χ4v) is 5.04. The number of nitrogens with two attached hydrogens (primary N) is 1.